The zero-order valence-corrected chi connectivity index (χ0v) is 12.1. The van der Waals surface area contributed by atoms with Gasteiger partial charge in [-0.05, 0) is 31.1 Å². The molecule has 1 heterocycles. The fourth-order valence-corrected chi connectivity index (χ4v) is 4.33. The smallest absolute Gasteiger partial charge is 0.350 e. The van der Waals surface area contributed by atoms with Crippen LogP contribution in [0.3, 0.4) is 0 Å². The highest BCUT2D eigenvalue weighted by molar-refractivity contribution is 7.87. The lowest BCUT2D eigenvalue weighted by atomic mass is 10.0. The van der Waals surface area contributed by atoms with Crippen molar-refractivity contribution in [2.75, 3.05) is 13.2 Å². The number of hydrogen-bond donors (Lipinski definition) is 0. The minimum absolute atomic E-state index is 0.0940. The fraction of sp³-hybridized carbons (Fsp3) is 1.00. The molecule has 3 fully saturated rings. The largest absolute Gasteiger partial charge is 0.523 e. The van der Waals surface area contributed by atoms with E-state index in [1.54, 1.807) is 0 Å². The van der Waals surface area contributed by atoms with E-state index in [4.69, 9.17) is 9.47 Å². The standard InChI is InChI=1S/C12H17F3O5S/c13-12(14,15)21(16,17)20-10-4-8-6-11(7-9(8)5-10)18-2-1-3-19-11/h8-10H,1-7H2/t8-,9+,10?. The maximum absolute atomic E-state index is 12.3. The molecule has 3 rings (SSSR count). The third-order valence-corrected chi connectivity index (χ3v) is 5.60. The second-order valence-electron chi connectivity index (χ2n) is 5.98. The lowest BCUT2D eigenvalue weighted by Crippen LogP contribution is -2.39. The van der Waals surface area contributed by atoms with Crippen molar-refractivity contribution in [3.05, 3.63) is 0 Å². The van der Waals surface area contributed by atoms with Crippen LogP contribution in [-0.2, 0) is 23.8 Å². The van der Waals surface area contributed by atoms with Crippen LogP contribution >= 0.6 is 0 Å². The van der Waals surface area contributed by atoms with E-state index in [0.29, 0.717) is 38.9 Å². The lowest BCUT2D eigenvalue weighted by Gasteiger charge is -2.34. The van der Waals surface area contributed by atoms with Crippen molar-refractivity contribution in [2.24, 2.45) is 11.8 Å². The molecule has 0 aromatic carbocycles. The van der Waals surface area contributed by atoms with Gasteiger partial charge in [-0.3, -0.25) is 4.18 Å². The molecule has 122 valence electrons. The van der Waals surface area contributed by atoms with Gasteiger partial charge < -0.3 is 9.47 Å². The highest BCUT2D eigenvalue weighted by Gasteiger charge is 2.55. The Morgan fingerprint density at radius 2 is 1.57 bits per heavy atom. The fourth-order valence-electron chi connectivity index (χ4n) is 3.70. The molecule has 1 aliphatic heterocycles. The van der Waals surface area contributed by atoms with E-state index in [-0.39, 0.29) is 11.8 Å². The van der Waals surface area contributed by atoms with E-state index in [1.807, 2.05) is 0 Å². The van der Waals surface area contributed by atoms with Gasteiger partial charge in [0, 0.05) is 12.8 Å². The van der Waals surface area contributed by atoms with E-state index >= 15 is 0 Å². The van der Waals surface area contributed by atoms with Crippen LogP contribution in [-0.4, -0.2) is 39.0 Å². The summed E-state index contributed by atoms with van der Waals surface area (Å²) in [7, 11) is -5.51. The number of halogens is 3. The summed E-state index contributed by atoms with van der Waals surface area (Å²) in [5.74, 6) is -0.422. The first-order valence-electron chi connectivity index (χ1n) is 6.98. The molecule has 5 nitrogen and oxygen atoms in total. The van der Waals surface area contributed by atoms with E-state index in [0.717, 1.165) is 6.42 Å². The summed E-state index contributed by atoms with van der Waals surface area (Å²) in [6.07, 6.45) is 1.75. The van der Waals surface area contributed by atoms with Gasteiger partial charge in [0.05, 0.1) is 19.3 Å². The first-order valence-corrected chi connectivity index (χ1v) is 8.39. The quantitative estimate of drug-likeness (QED) is 0.574. The first kappa shape index (κ1) is 15.5. The van der Waals surface area contributed by atoms with E-state index < -0.39 is 27.5 Å². The van der Waals surface area contributed by atoms with Crippen LogP contribution in [0.5, 0.6) is 0 Å². The van der Waals surface area contributed by atoms with Crippen molar-refractivity contribution in [1.82, 2.24) is 0 Å². The van der Waals surface area contributed by atoms with Gasteiger partial charge in [-0.25, -0.2) is 0 Å². The molecular weight excluding hydrogens is 313 g/mol. The SMILES string of the molecule is O=S(=O)(OC1C[C@@H]2CC3(C[C@@H]2C1)OCCCO3)C(F)(F)F. The molecule has 2 aliphatic carbocycles. The third kappa shape index (κ3) is 2.93. The third-order valence-electron chi connectivity index (χ3n) is 4.51. The van der Waals surface area contributed by atoms with E-state index in [9.17, 15) is 21.6 Å². The van der Waals surface area contributed by atoms with E-state index in [2.05, 4.69) is 4.18 Å². The van der Waals surface area contributed by atoms with Crippen molar-refractivity contribution in [3.8, 4) is 0 Å². The zero-order valence-electron chi connectivity index (χ0n) is 11.3. The Labute approximate surface area is 120 Å². The highest BCUT2D eigenvalue weighted by atomic mass is 32.2. The van der Waals surface area contributed by atoms with Crippen LogP contribution in [0, 0.1) is 11.8 Å². The predicted octanol–water partition coefficient (Wildman–Crippen LogP) is 2.17. The van der Waals surface area contributed by atoms with Gasteiger partial charge in [0.15, 0.2) is 5.79 Å². The molecule has 0 amide bonds. The average molecular weight is 330 g/mol. The second-order valence-corrected chi connectivity index (χ2v) is 7.54. The minimum Gasteiger partial charge on any atom is -0.350 e. The number of alkyl halides is 3. The van der Waals surface area contributed by atoms with Crippen LogP contribution in [0.25, 0.3) is 0 Å². The Hall–Kier alpha value is -0.380. The average Bonchev–Trinajstić information content (AvgIpc) is 2.82. The van der Waals surface area contributed by atoms with Crippen LogP contribution in [0.4, 0.5) is 13.2 Å². The van der Waals surface area contributed by atoms with Gasteiger partial charge in [0.25, 0.3) is 0 Å². The van der Waals surface area contributed by atoms with Crippen LogP contribution < -0.4 is 0 Å². The molecule has 1 spiro atoms. The molecule has 9 heteroatoms. The highest BCUT2D eigenvalue weighted by Crippen LogP contribution is 2.52. The Bertz CT molecular complexity index is 482. The molecule has 3 atom stereocenters. The summed E-state index contributed by atoms with van der Waals surface area (Å²) in [4.78, 5) is 0. The molecule has 0 aromatic heterocycles. The normalized spacial score (nSPS) is 36.0. The zero-order chi connectivity index (χ0) is 15.3. The summed E-state index contributed by atoms with van der Waals surface area (Å²) >= 11 is 0. The van der Waals surface area contributed by atoms with Gasteiger partial charge in [0.2, 0.25) is 0 Å². The maximum Gasteiger partial charge on any atom is 0.523 e. The minimum atomic E-state index is -5.51. The van der Waals surface area contributed by atoms with Crippen LogP contribution in [0.1, 0.15) is 32.1 Å². The van der Waals surface area contributed by atoms with Gasteiger partial charge in [-0.15, -0.1) is 0 Å². The molecule has 0 bridgehead atoms. The Balaban J connectivity index is 1.60. The van der Waals surface area contributed by atoms with Crippen molar-refractivity contribution in [3.63, 3.8) is 0 Å². The summed E-state index contributed by atoms with van der Waals surface area (Å²) in [5.41, 5.74) is -5.36. The first-order chi connectivity index (χ1) is 9.71. The molecule has 21 heavy (non-hydrogen) atoms. The van der Waals surface area contributed by atoms with E-state index in [1.165, 1.54) is 0 Å². The Morgan fingerprint density at radius 1 is 1.05 bits per heavy atom. The molecule has 2 saturated carbocycles. The second kappa shape index (κ2) is 5.07. The molecule has 1 unspecified atom stereocenters. The number of fused-ring (bicyclic) bond motifs is 1. The van der Waals surface area contributed by atoms with Gasteiger partial charge >= 0.3 is 15.6 Å². The molecular formula is C12H17F3O5S. The Morgan fingerprint density at radius 3 is 2.05 bits per heavy atom. The van der Waals surface area contributed by atoms with Crippen molar-refractivity contribution >= 4 is 10.1 Å². The maximum atomic E-state index is 12.3. The van der Waals surface area contributed by atoms with Crippen molar-refractivity contribution in [2.45, 2.75) is 49.5 Å². The molecule has 0 N–H and O–H groups in total. The number of ether oxygens (including phenoxy) is 2. The summed E-state index contributed by atoms with van der Waals surface area (Å²) in [6, 6.07) is 0. The summed E-state index contributed by atoms with van der Waals surface area (Å²) in [6.45, 7) is 1.25. The number of hydrogen-bond acceptors (Lipinski definition) is 5. The molecule has 0 radical (unpaired) electrons. The number of rotatable bonds is 2. The van der Waals surface area contributed by atoms with Gasteiger partial charge in [-0.2, -0.15) is 21.6 Å². The van der Waals surface area contributed by atoms with Gasteiger partial charge in [0.1, 0.15) is 0 Å². The molecule has 0 aromatic rings. The summed E-state index contributed by atoms with van der Waals surface area (Å²) < 4.78 is 74.7. The Kier molecular flexibility index (Phi) is 3.75. The van der Waals surface area contributed by atoms with Crippen LogP contribution in [0.2, 0.25) is 0 Å². The molecule has 1 saturated heterocycles. The van der Waals surface area contributed by atoms with Gasteiger partial charge in [-0.1, -0.05) is 0 Å². The monoisotopic (exact) mass is 330 g/mol. The topological polar surface area (TPSA) is 61.8 Å². The van der Waals surface area contributed by atoms with Crippen molar-refractivity contribution in [1.29, 1.82) is 0 Å². The predicted molar refractivity (Wildman–Crippen MR) is 64.5 cm³/mol. The summed E-state index contributed by atoms with van der Waals surface area (Å²) in [5, 5.41) is 0. The van der Waals surface area contributed by atoms with Crippen molar-refractivity contribution < 1.29 is 35.2 Å². The van der Waals surface area contributed by atoms with Crippen LogP contribution in [0.15, 0.2) is 0 Å². The lowest BCUT2D eigenvalue weighted by molar-refractivity contribution is -0.265. The molecule has 3 aliphatic rings.